The molecule has 30 heavy (non-hydrogen) atoms. The summed E-state index contributed by atoms with van der Waals surface area (Å²) in [6, 6.07) is 14.8. The quantitative estimate of drug-likeness (QED) is 0.223. The van der Waals surface area contributed by atoms with Gasteiger partial charge in [-0.25, -0.2) is 0 Å². The fraction of sp³-hybridized carbons (Fsp3) is 0.294. The second kappa shape index (κ2) is 15.7. The molecule has 2 aromatic carbocycles. The van der Waals surface area contributed by atoms with Crippen LogP contribution in [0.25, 0.3) is 0 Å². The van der Waals surface area contributed by atoms with Crippen LogP contribution in [0, 0.1) is 0 Å². The van der Waals surface area contributed by atoms with Gasteiger partial charge in [-0.3, -0.25) is 0 Å². The van der Waals surface area contributed by atoms with Crippen LogP contribution in [-0.2, 0) is 0 Å². The van der Waals surface area contributed by atoms with Crippen molar-refractivity contribution in [2.45, 2.75) is 32.7 Å². The van der Waals surface area contributed by atoms with Gasteiger partial charge in [0.1, 0.15) is 0 Å². The van der Waals surface area contributed by atoms with Crippen LogP contribution in [0.3, 0.4) is 0 Å². The summed E-state index contributed by atoms with van der Waals surface area (Å²) < 4.78 is 0. The van der Waals surface area contributed by atoms with Gasteiger partial charge < -0.3 is 0 Å². The molecular weight excluding hydrogens is 636 g/mol. The third kappa shape index (κ3) is 28.0. The van der Waals surface area contributed by atoms with E-state index >= 15 is 0 Å². The van der Waals surface area contributed by atoms with Crippen molar-refractivity contribution < 1.29 is 0 Å². The van der Waals surface area contributed by atoms with Gasteiger partial charge in [-0.1, -0.05) is 73.8 Å². The highest BCUT2D eigenvalue weighted by Gasteiger charge is 2.27. The predicted octanol–water partition coefficient (Wildman–Crippen LogP) is 9.32. The van der Waals surface area contributed by atoms with E-state index in [2.05, 4.69) is 25.2 Å². The van der Waals surface area contributed by atoms with Gasteiger partial charge in [0.15, 0.2) is 7.38 Å². The lowest BCUT2D eigenvalue weighted by molar-refractivity contribution is 1.73. The predicted molar refractivity (Wildman–Crippen MR) is 157 cm³/mol. The Morgan fingerprint density at radius 3 is 0.833 bits per heavy atom. The van der Waals surface area contributed by atoms with E-state index in [1.54, 1.807) is 6.55 Å². The van der Waals surface area contributed by atoms with E-state index in [-0.39, 0.29) is 0 Å². The molecule has 0 aliphatic rings. The van der Waals surface area contributed by atoms with Gasteiger partial charge in [-0.15, -0.1) is 88.6 Å². The van der Waals surface area contributed by atoms with Crippen molar-refractivity contribution in [1.82, 2.24) is 0 Å². The summed E-state index contributed by atoms with van der Waals surface area (Å²) in [5.74, 6) is 0. The molecule has 0 radical (unpaired) electrons. The average Bonchev–Trinajstić information content (AvgIpc) is 2.52. The fourth-order valence-corrected chi connectivity index (χ4v) is 4.53. The Hall–Kier alpha value is 1.92. The second-order valence-corrected chi connectivity index (χ2v) is 40.6. The first kappa shape index (κ1) is 34.1. The van der Waals surface area contributed by atoms with Gasteiger partial charge in [0.2, 0.25) is 6.69 Å². The zero-order valence-corrected chi connectivity index (χ0v) is 28.0. The van der Waals surface area contributed by atoms with Gasteiger partial charge in [0.25, 0.3) is 0 Å². The smallest absolute Gasteiger partial charge is 0.162 e. The zero-order valence-electron chi connectivity index (χ0n) is 17.2. The summed E-state index contributed by atoms with van der Waals surface area (Å²) in [4.78, 5) is 0. The van der Waals surface area contributed by atoms with Crippen molar-refractivity contribution in [3.8, 4) is 0 Å². The Morgan fingerprint density at radius 1 is 0.467 bits per heavy atom. The lowest BCUT2D eigenvalue weighted by Crippen LogP contribution is -2.34. The highest BCUT2D eigenvalue weighted by molar-refractivity contribution is 7.69. The molecule has 0 spiro atoms. The molecule has 0 aliphatic heterocycles. The summed E-state index contributed by atoms with van der Waals surface area (Å²) in [5.41, 5.74) is 0. The first-order valence-electron chi connectivity index (χ1n) is 8.52. The SMILES string of the molecule is C[Si](C)(Cl)Cl.C[Si](C)(Cl)c1ccccc1.C[Si](Cl)(Cl)Cl.Cl[Si](Cl)(Cl)c1ccccc1. The molecule has 0 amide bonds. The molecular formula is C17H25Cl9Si4. The lowest BCUT2D eigenvalue weighted by Gasteiger charge is -2.11. The third-order valence-corrected chi connectivity index (χ3v) is 7.87. The van der Waals surface area contributed by atoms with Crippen LogP contribution in [0.5, 0.6) is 0 Å². The van der Waals surface area contributed by atoms with Gasteiger partial charge in [0, 0.05) is 0 Å². The number of hydrogen-bond acceptors (Lipinski definition) is 0. The first-order valence-corrected chi connectivity index (χ1v) is 28.1. The number of halogens is 9. The normalized spacial score (nSPS) is 11.7. The molecule has 0 saturated heterocycles. The minimum absolute atomic E-state index is 0.833. The van der Waals surface area contributed by atoms with Crippen molar-refractivity contribution in [3.05, 3.63) is 60.7 Å². The van der Waals surface area contributed by atoms with Crippen molar-refractivity contribution >= 4 is 136 Å². The molecule has 0 N–H and O–H groups in total. The van der Waals surface area contributed by atoms with Crippen LogP contribution in [0.2, 0.25) is 32.7 Å². The topological polar surface area (TPSA) is 0 Å². The van der Waals surface area contributed by atoms with Crippen molar-refractivity contribution in [2.75, 3.05) is 0 Å². The molecule has 0 fully saturated rings. The number of benzene rings is 2. The van der Waals surface area contributed by atoms with Gasteiger partial charge in [-0.05, 0) is 30.0 Å². The third-order valence-electron chi connectivity index (χ3n) is 2.56. The molecule has 0 nitrogen and oxygen atoms in total. The Balaban J connectivity index is 0. The van der Waals surface area contributed by atoms with E-state index < -0.39 is 26.1 Å². The molecule has 2 aromatic rings. The highest BCUT2D eigenvalue weighted by atomic mass is 35.8. The minimum atomic E-state index is -2.62. The van der Waals surface area contributed by atoms with E-state index in [1.165, 1.54) is 5.19 Å². The molecule has 0 unspecified atom stereocenters. The van der Waals surface area contributed by atoms with Crippen LogP contribution in [-0.4, -0.2) is 26.1 Å². The first-order chi connectivity index (χ1) is 13.2. The summed E-state index contributed by atoms with van der Waals surface area (Å²) in [5, 5.41) is 2.14. The molecule has 0 heterocycles. The maximum absolute atomic E-state index is 6.20. The van der Waals surface area contributed by atoms with Crippen molar-refractivity contribution in [1.29, 1.82) is 0 Å². The Morgan fingerprint density at radius 2 is 0.700 bits per heavy atom. The average molecular weight is 661 g/mol. The van der Waals surface area contributed by atoms with E-state index in [0.29, 0.717) is 0 Å². The van der Waals surface area contributed by atoms with Gasteiger partial charge >= 0.3 is 12.0 Å². The van der Waals surface area contributed by atoms with Crippen LogP contribution < -0.4 is 10.4 Å². The van der Waals surface area contributed by atoms with Crippen molar-refractivity contribution in [2.24, 2.45) is 0 Å². The van der Waals surface area contributed by atoms with E-state index in [1.807, 2.05) is 61.6 Å². The molecule has 0 atom stereocenters. The molecule has 13 heteroatoms. The maximum Gasteiger partial charge on any atom is 0.372 e. The molecule has 172 valence electrons. The highest BCUT2D eigenvalue weighted by Crippen LogP contribution is 2.18. The molecule has 0 aromatic heterocycles. The van der Waals surface area contributed by atoms with Crippen LogP contribution >= 0.6 is 99.7 Å². The standard InChI is InChI=1S/C8H11ClSi.C6H5Cl3Si.C2H6Cl2Si.CH3Cl3Si/c1-10(2,9)8-6-4-3-5-7-8;7-10(8,9)6-4-2-1-3-5-6;2*1-5(2,3)4/h3-7H,1-2H3;1-5H;1-2H3;1H3. The molecule has 2 rings (SSSR count). The molecule has 0 saturated carbocycles. The number of rotatable bonds is 2. The molecule has 0 bridgehead atoms. The van der Waals surface area contributed by atoms with Gasteiger partial charge in [0.05, 0.1) is 0 Å². The Labute approximate surface area is 227 Å². The van der Waals surface area contributed by atoms with Crippen molar-refractivity contribution in [3.63, 3.8) is 0 Å². The summed E-state index contributed by atoms with van der Waals surface area (Å²) in [6.45, 7) is 7.93. The summed E-state index contributed by atoms with van der Waals surface area (Å²) >= 11 is 49.9. The van der Waals surface area contributed by atoms with E-state index in [0.717, 1.165) is 5.19 Å². The zero-order chi connectivity index (χ0) is 24.2. The van der Waals surface area contributed by atoms with E-state index in [9.17, 15) is 0 Å². The Bertz CT molecular complexity index is 603. The van der Waals surface area contributed by atoms with Crippen LogP contribution in [0.1, 0.15) is 0 Å². The Kier molecular flexibility index (Phi) is 17.9. The summed E-state index contributed by atoms with van der Waals surface area (Å²) in [6.07, 6.45) is 0. The second-order valence-electron chi connectivity index (χ2n) is 6.81. The molecule has 0 aliphatic carbocycles. The van der Waals surface area contributed by atoms with Crippen LogP contribution in [0.15, 0.2) is 60.7 Å². The largest absolute Gasteiger partial charge is 0.372 e. The fourth-order valence-electron chi connectivity index (χ4n) is 1.46. The lowest BCUT2D eigenvalue weighted by atomic mass is 10.4. The minimum Gasteiger partial charge on any atom is -0.162 e. The maximum atomic E-state index is 6.20. The monoisotopic (exact) mass is 656 g/mol. The summed E-state index contributed by atoms with van der Waals surface area (Å²) in [7, 11) is -1.56. The van der Waals surface area contributed by atoms with E-state index in [4.69, 9.17) is 99.7 Å². The number of hydrogen-bond donors (Lipinski definition) is 0. The van der Waals surface area contributed by atoms with Gasteiger partial charge in [-0.2, -0.15) is 11.1 Å². The van der Waals surface area contributed by atoms with Crippen LogP contribution in [0.4, 0.5) is 0 Å².